The lowest BCUT2D eigenvalue weighted by Gasteiger charge is -2.12. The predicted octanol–water partition coefficient (Wildman–Crippen LogP) is 2.35. The lowest BCUT2D eigenvalue weighted by atomic mass is 10.1. The summed E-state index contributed by atoms with van der Waals surface area (Å²) < 4.78 is 9.49. The van der Waals surface area contributed by atoms with Crippen LogP contribution in [0.3, 0.4) is 0 Å². The molecule has 0 radical (unpaired) electrons. The predicted molar refractivity (Wildman–Crippen MR) is 87.0 cm³/mol. The van der Waals surface area contributed by atoms with Gasteiger partial charge >= 0.3 is 11.7 Å². The number of para-hydroxylation sites is 2. The van der Waals surface area contributed by atoms with Crippen LogP contribution in [0.15, 0.2) is 36.4 Å². The van der Waals surface area contributed by atoms with Crippen LogP contribution in [-0.4, -0.2) is 36.1 Å². The Kier molecular flexibility index (Phi) is 5.18. The number of carbonyl (C=O) groups is 2. The van der Waals surface area contributed by atoms with Crippen LogP contribution in [0.4, 0.5) is 11.4 Å². The number of hydrogen-bond acceptors (Lipinski definition) is 7. The fourth-order valence-corrected chi connectivity index (χ4v) is 2.19. The van der Waals surface area contributed by atoms with Crippen molar-refractivity contribution < 1.29 is 29.1 Å². The number of ether oxygens (including phenoxy) is 2. The van der Waals surface area contributed by atoms with Gasteiger partial charge in [-0.15, -0.1) is 0 Å². The number of nitro groups is 1. The van der Waals surface area contributed by atoms with Gasteiger partial charge in [0, 0.05) is 0 Å². The smallest absolute Gasteiger partial charge is 0.340 e. The lowest BCUT2D eigenvalue weighted by molar-refractivity contribution is -0.386. The first-order valence-electron chi connectivity index (χ1n) is 6.93. The number of nitro benzene ring substituents is 1. The third-order valence-corrected chi connectivity index (χ3v) is 3.33. The number of methoxy groups -OCH3 is 2. The van der Waals surface area contributed by atoms with Crippen molar-refractivity contribution in [2.75, 3.05) is 19.5 Å². The molecule has 0 unspecified atom stereocenters. The van der Waals surface area contributed by atoms with Gasteiger partial charge in [0.05, 0.1) is 30.4 Å². The van der Waals surface area contributed by atoms with Crippen molar-refractivity contribution in [1.29, 1.82) is 0 Å². The fourth-order valence-electron chi connectivity index (χ4n) is 2.19. The molecular weight excluding hydrogens is 332 g/mol. The van der Waals surface area contributed by atoms with Crippen LogP contribution in [0.5, 0.6) is 11.5 Å². The first-order chi connectivity index (χ1) is 11.9. The van der Waals surface area contributed by atoms with E-state index in [9.17, 15) is 24.8 Å². The van der Waals surface area contributed by atoms with Crippen LogP contribution < -0.4 is 10.1 Å². The summed E-state index contributed by atoms with van der Waals surface area (Å²) in [5, 5.41) is 23.5. The van der Waals surface area contributed by atoms with Crippen molar-refractivity contribution in [2.24, 2.45) is 0 Å². The van der Waals surface area contributed by atoms with E-state index in [4.69, 9.17) is 4.74 Å². The summed E-state index contributed by atoms with van der Waals surface area (Å²) in [4.78, 5) is 34.8. The van der Waals surface area contributed by atoms with Crippen LogP contribution in [0.2, 0.25) is 0 Å². The second-order valence-electron chi connectivity index (χ2n) is 4.76. The van der Waals surface area contributed by atoms with Gasteiger partial charge in [-0.25, -0.2) is 4.79 Å². The number of phenolic OH excluding ortho intramolecular Hbond substituents is 1. The molecule has 0 heterocycles. The average molecular weight is 346 g/mol. The van der Waals surface area contributed by atoms with Crippen molar-refractivity contribution in [3.05, 3.63) is 57.6 Å². The van der Waals surface area contributed by atoms with Gasteiger partial charge in [0.2, 0.25) is 0 Å². The average Bonchev–Trinajstić information content (AvgIpc) is 2.61. The highest BCUT2D eigenvalue weighted by Gasteiger charge is 2.27. The van der Waals surface area contributed by atoms with Gasteiger partial charge < -0.3 is 19.9 Å². The van der Waals surface area contributed by atoms with E-state index < -0.39 is 22.5 Å². The lowest BCUT2D eigenvalue weighted by Crippen LogP contribution is -2.17. The SMILES string of the molecule is COC(=O)c1cccc(O)c1NC(=O)c1cccc(OC)c1[N+](=O)[O-]. The topological polar surface area (TPSA) is 128 Å². The Labute approximate surface area is 141 Å². The summed E-state index contributed by atoms with van der Waals surface area (Å²) in [5.74, 6) is -2.16. The summed E-state index contributed by atoms with van der Waals surface area (Å²) >= 11 is 0. The minimum atomic E-state index is -0.891. The van der Waals surface area contributed by atoms with E-state index in [0.29, 0.717) is 0 Å². The van der Waals surface area contributed by atoms with Crippen LogP contribution in [0.25, 0.3) is 0 Å². The van der Waals surface area contributed by atoms with Crippen molar-refractivity contribution in [3.63, 3.8) is 0 Å². The number of carbonyl (C=O) groups excluding carboxylic acids is 2. The quantitative estimate of drug-likeness (QED) is 0.368. The summed E-state index contributed by atoms with van der Waals surface area (Å²) in [6.07, 6.45) is 0. The molecule has 2 N–H and O–H groups in total. The highest BCUT2D eigenvalue weighted by molar-refractivity contribution is 6.11. The standard InChI is InChI=1S/C16H14N2O7/c1-24-12-8-4-6-10(14(12)18(22)23)15(20)17-13-9(16(21)25-2)5-3-7-11(13)19/h3-8,19H,1-2H3,(H,17,20). The van der Waals surface area contributed by atoms with E-state index in [-0.39, 0.29) is 28.3 Å². The molecule has 0 aromatic heterocycles. The molecule has 0 aliphatic carbocycles. The second kappa shape index (κ2) is 7.30. The Morgan fingerprint density at radius 3 is 2.36 bits per heavy atom. The summed E-state index contributed by atoms with van der Waals surface area (Å²) in [7, 11) is 2.38. The Morgan fingerprint density at radius 1 is 1.12 bits per heavy atom. The number of rotatable bonds is 5. The minimum absolute atomic E-state index is 0.0943. The Hall–Kier alpha value is -3.62. The normalized spacial score (nSPS) is 10.0. The van der Waals surface area contributed by atoms with Gasteiger partial charge in [0.15, 0.2) is 5.75 Å². The molecule has 0 saturated carbocycles. The molecule has 0 aliphatic rings. The van der Waals surface area contributed by atoms with Crippen molar-refractivity contribution in [1.82, 2.24) is 0 Å². The molecule has 130 valence electrons. The van der Waals surface area contributed by atoms with Gasteiger partial charge in [-0.3, -0.25) is 14.9 Å². The Bertz CT molecular complexity index is 848. The molecule has 25 heavy (non-hydrogen) atoms. The van der Waals surface area contributed by atoms with E-state index in [1.807, 2.05) is 0 Å². The molecule has 9 nitrogen and oxygen atoms in total. The molecule has 9 heteroatoms. The largest absolute Gasteiger partial charge is 0.506 e. The Balaban J connectivity index is 2.49. The number of amides is 1. The molecule has 2 aromatic rings. The number of nitrogens with one attached hydrogen (secondary N) is 1. The molecule has 2 aromatic carbocycles. The molecule has 0 fully saturated rings. The molecule has 0 saturated heterocycles. The fraction of sp³-hybridized carbons (Fsp3) is 0.125. The van der Waals surface area contributed by atoms with Gasteiger partial charge in [0.1, 0.15) is 11.3 Å². The van der Waals surface area contributed by atoms with E-state index in [1.165, 1.54) is 43.5 Å². The number of hydrogen-bond donors (Lipinski definition) is 2. The highest BCUT2D eigenvalue weighted by Crippen LogP contribution is 2.33. The first-order valence-corrected chi connectivity index (χ1v) is 6.93. The number of nitrogens with zero attached hydrogens (tertiary/aromatic N) is 1. The maximum absolute atomic E-state index is 12.5. The van der Waals surface area contributed by atoms with Crippen LogP contribution >= 0.6 is 0 Å². The van der Waals surface area contributed by atoms with Crippen LogP contribution in [0.1, 0.15) is 20.7 Å². The van der Waals surface area contributed by atoms with E-state index in [0.717, 1.165) is 7.11 Å². The number of benzene rings is 2. The van der Waals surface area contributed by atoms with E-state index in [1.54, 1.807) is 0 Å². The third-order valence-electron chi connectivity index (χ3n) is 3.33. The van der Waals surface area contributed by atoms with Crippen molar-refractivity contribution in [3.8, 4) is 11.5 Å². The van der Waals surface area contributed by atoms with Crippen molar-refractivity contribution in [2.45, 2.75) is 0 Å². The van der Waals surface area contributed by atoms with Crippen LogP contribution in [0, 0.1) is 10.1 Å². The van der Waals surface area contributed by atoms with Gasteiger partial charge in [0.25, 0.3) is 5.91 Å². The monoisotopic (exact) mass is 346 g/mol. The molecule has 1 amide bonds. The minimum Gasteiger partial charge on any atom is -0.506 e. The van der Waals surface area contributed by atoms with Gasteiger partial charge in [-0.05, 0) is 24.3 Å². The molecule has 0 aliphatic heterocycles. The number of anilines is 1. The highest BCUT2D eigenvalue weighted by atomic mass is 16.6. The summed E-state index contributed by atoms with van der Waals surface area (Å²) in [6.45, 7) is 0. The molecule has 0 spiro atoms. The second-order valence-corrected chi connectivity index (χ2v) is 4.76. The van der Waals surface area contributed by atoms with Gasteiger partial charge in [-0.1, -0.05) is 12.1 Å². The van der Waals surface area contributed by atoms with Crippen LogP contribution in [-0.2, 0) is 4.74 Å². The molecule has 0 bridgehead atoms. The zero-order chi connectivity index (χ0) is 18.6. The molecule has 2 rings (SSSR count). The maximum atomic E-state index is 12.5. The number of esters is 1. The number of phenols is 1. The molecule has 0 atom stereocenters. The Morgan fingerprint density at radius 2 is 1.76 bits per heavy atom. The van der Waals surface area contributed by atoms with Crippen molar-refractivity contribution >= 4 is 23.3 Å². The zero-order valence-electron chi connectivity index (χ0n) is 13.3. The summed E-state index contributed by atoms with van der Waals surface area (Å²) in [5.41, 5.74) is -1.13. The third kappa shape index (κ3) is 3.50. The van der Waals surface area contributed by atoms with Gasteiger partial charge in [-0.2, -0.15) is 0 Å². The number of aromatic hydroxyl groups is 1. The zero-order valence-corrected chi connectivity index (χ0v) is 13.3. The maximum Gasteiger partial charge on any atom is 0.340 e. The van der Waals surface area contributed by atoms with E-state index in [2.05, 4.69) is 10.1 Å². The van der Waals surface area contributed by atoms with E-state index >= 15 is 0 Å². The first kappa shape index (κ1) is 17.7. The summed E-state index contributed by atoms with van der Waals surface area (Å²) in [6, 6.07) is 7.96. The molecular formula is C16H14N2O7.